The molecule has 0 saturated heterocycles. The summed E-state index contributed by atoms with van der Waals surface area (Å²) in [5.41, 5.74) is 6.44. The van der Waals surface area contributed by atoms with Crippen molar-refractivity contribution in [2.45, 2.75) is 19.9 Å². The summed E-state index contributed by atoms with van der Waals surface area (Å²) in [7, 11) is 1.55. The molecule has 1 heterocycles. The molecule has 32 heavy (non-hydrogen) atoms. The average molecular weight is 434 g/mol. The van der Waals surface area contributed by atoms with E-state index in [1.165, 1.54) is 15.5 Å². The van der Waals surface area contributed by atoms with Gasteiger partial charge in [-0.2, -0.15) is 0 Å². The minimum Gasteiger partial charge on any atom is -0.496 e. The fourth-order valence-corrected chi connectivity index (χ4v) is 3.37. The van der Waals surface area contributed by atoms with Gasteiger partial charge in [0.05, 0.1) is 13.7 Å². The van der Waals surface area contributed by atoms with Crippen LogP contribution in [-0.4, -0.2) is 29.1 Å². The SMILES string of the molecule is CCCN(C(=O)/C=C/c1ccccc1OC)c1c(N)n(Cc2ccccc2)c(=O)[nH]c1=O. The highest BCUT2D eigenvalue weighted by atomic mass is 16.5. The van der Waals surface area contributed by atoms with E-state index in [4.69, 9.17) is 10.5 Å². The van der Waals surface area contributed by atoms with Crippen LogP contribution in [0, 0.1) is 0 Å². The lowest BCUT2D eigenvalue weighted by Gasteiger charge is -2.23. The fraction of sp³-hybridized carbons (Fsp3) is 0.208. The molecule has 1 amide bonds. The summed E-state index contributed by atoms with van der Waals surface area (Å²) in [6.07, 6.45) is 3.57. The standard InChI is InChI=1S/C24H26N4O4/c1-3-15-27(20(29)14-13-18-11-7-8-12-19(18)32-2)21-22(25)28(24(31)26-23(21)30)16-17-9-5-4-6-10-17/h4-14H,3,15-16,25H2,1-2H3,(H,26,30,31)/b14-13+. The van der Waals surface area contributed by atoms with Crippen LogP contribution in [0.3, 0.4) is 0 Å². The number of H-pyrrole nitrogens is 1. The molecule has 3 rings (SSSR count). The Morgan fingerprint density at radius 1 is 1.12 bits per heavy atom. The van der Waals surface area contributed by atoms with Gasteiger partial charge in [0.15, 0.2) is 5.69 Å². The number of carbonyl (C=O) groups is 1. The van der Waals surface area contributed by atoms with Crippen LogP contribution in [0.1, 0.15) is 24.5 Å². The predicted octanol–water partition coefficient (Wildman–Crippen LogP) is 2.63. The number of nitrogens with two attached hydrogens (primary N) is 1. The summed E-state index contributed by atoms with van der Waals surface area (Å²) in [4.78, 5) is 41.8. The molecule has 0 bridgehead atoms. The van der Waals surface area contributed by atoms with Crippen molar-refractivity contribution in [3.05, 3.63) is 92.6 Å². The van der Waals surface area contributed by atoms with Crippen LogP contribution >= 0.6 is 0 Å². The first-order chi connectivity index (χ1) is 15.5. The van der Waals surface area contributed by atoms with Gasteiger partial charge in [0.1, 0.15) is 11.6 Å². The van der Waals surface area contributed by atoms with Crippen LogP contribution in [0.15, 0.2) is 70.3 Å². The van der Waals surface area contributed by atoms with Crippen LogP contribution < -0.4 is 26.6 Å². The maximum Gasteiger partial charge on any atom is 0.330 e. The number of hydrogen-bond donors (Lipinski definition) is 2. The van der Waals surface area contributed by atoms with Crippen molar-refractivity contribution in [2.24, 2.45) is 0 Å². The second-order valence-electron chi connectivity index (χ2n) is 7.13. The Balaban J connectivity index is 2.01. The first-order valence-corrected chi connectivity index (χ1v) is 10.2. The van der Waals surface area contributed by atoms with Crippen molar-refractivity contribution >= 4 is 23.5 Å². The van der Waals surface area contributed by atoms with Crippen molar-refractivity contribution in [3.8, 4) is 5.75 Å². The third-order valence-electron chi connectivity index (χ3n) is 4.93. The molecule has 166 valence electrons. The number of para-hydroxylation sites is 1. The second kappa shape index (κ2) is 10.3. The molecule has 3 N–H and O–H groups in total. The molecule has 0 aliphatic rings. The lowest BCUT2D eigenvalue weighted by Crippen LogP contribution is -2.41. The van der Waals surface area contributed by atoms with Crippen molar-refractivity contribution in [2.75, 3.05) is 24.3 Å². The number of carbonyl (C=O) groups excluding carboxylic acids is 1. The Kier molecular flexibility index (Phi) is 7.28. The number of nitrogens with zero attached hydrogens (tertiary/aromatic N) is 2. The maximum absolute atomic E-state index is 13.1. The van der Waals surface area contributed by atoms with E-state index in [9.17, 15) is 14.4 Å². The van der Waals surface area contributed by atoms with E-state index in [1.54, 1.807) is 19.3 Å². The number of nitrogen functional groups attached to an aromatic ring is 1. The van der Waals surface area contributed by atoms with Crippen molar-refractivity contribution in [3.63, 3.8) is 0 Å². The van der Waals surface area contributed by atoms with Gasteiger partial charge in [0.25, 0.3) is 11.5 Å². The zero-order chi connectivity index (χ0) is 23.1. The minimum absolute atomic E-state index is 0.0444. The monoisotopic (exact) mass is 434 g/mol. The summed E-state index contributed by atoms with van der Waals surface area (Å²) < 4.78 is 6.56. The molecule has 8 nitrogen and oxygen atoms in total. The first-order valence-electron chi connectivity index (χ1n) is 10.2. The molecule has 0 atom stereocenters. The first kappa shape index (κ1) is 22.6. The second-order valence-corrected chi connectivity index (χ2v) is 7.13. The quantitative estimate of drug-likeness (QED) is 0.530. The Morgan fingerprint density at radius 3 is 2.50 bits per heavy atom. The number of nitrogens with one attached hydrogen (secondary N) is 1. The zero-order valence-corrected chi connectivity index (χ0v) is 18.1. The van der Waals surface area contributed by atoms with Crippen LogP contribution in [0.5, 0.6) is 5.75 Å². The maximum atomic E-state index is 13.1. The molecule has 0 radical (unpaired) electrons. The van der Waals surface area contributed by atoms with E-state index < -0.39 is 17.2 Å². The number of aromatic nitrogens is 2. The van der Waals surface area contributed by atoms with Gasteiger partial charge in [-0.15, -0.1) is 0 Å². The normalized spacial score (nSPS) is 10.9. The number of rotatable bonds is 8. The van der Waals surface area contributed by atoms with Gasteiger partial charge in [0, 0.05) is 18.2 Å². The summed E-state index contributed by atoms with van der Waals surface area (Å²) in [5, 5.41) is 0. The molecule has 3 aromatic rings. The molecular formula is C24H26N4O4. The Bertz CT molecular complexity index is 1230. The van der Waals surface area contributed by atoms with Gasteiger partial charge in [-0.05, 0) is 24.1 Å². The van der Waals surface area contributed by atoms with E-state index in [0.717, 1.165) is 11.1 Å². The highest BCUT2D eigenvalue weighted by molar-refractivity contribution is 6.05. The number of hydrogen-bond acceptors (Lipinski definition) is 5. The third kappa shape index (κ3) is 4.97. The molecule has 8 heteroatoms. The third-order valence-corrected chi connectivity index (χ3v) is 4.93. The van der Waals surface area contributed by atoms with Crippen LogP contribution in [0.2, 0.25) is 0 Å². The van der Waals surface area contributed by atoms with E-state index in [2.05, 4.69) is 4.98 Å². The summed E-state index contributed by atoms with van der Waals surface area (Å²) in [6.45, 7) is 2.31. The minimum atomic E-state index is -0.704. The largest absolute Gasteiger partial charge is 0.496 e. The van der Waals surface area contributed by atoms with Gasteiger partial charge < -0.3 is 15.4 Å². The molecule has 0 spiro atoms. The molecule has 0 fully saturated rings. The van der Waals surface area contributed by atoms with Crippen molar-refractivity contribution in [1.29, 1.82) is 0 Å². The van der Waals surface area contributed by atoms with Gasteiger partial charge in [-0.25, -0.2) is 4.79 Å². The van der Waals surface area contributed by atoms with Crippen LogP contribution in [-0.2, 0) is 11.3 Å². The number of amides is 1. The lowest BCUT2D eigenvalue weighted by molar-refractivity contribution is -0.114. The number of ether oxygens (including phenoxy) is 1. The summed E-state index contributed by atoms with van der Waals surface area (Å²) in [5.74, 6) is 0.127. The van der Waals surface area contributed by atoms with Crippen molar-refractivity contribution in [1.82, 2.24) is 9.55 Å². The van der Waals surface area contributed by atoms with Gasteiger partial charge in [-0.3, -0.25) is 19.1 Å². The number of methoxy groups -OCH3 is 1. The van der Waals surface area contributed by atoms with Crippen molar-refractivity contribution < 1.29 is 9.53 Å². The van der Waals surface area contributed by atoms with E-state index >= 15 is 0 Å². The molecule has 0 saturated carbocycles. The molecule has 0 aliphatic carbocycles. The number of anilines is 2. The van der Waals surface area contributed by atoms with Gasteiger partial charge in [0.2, 0.25) is 0 Å². The topological polar surface area (TPSA) is 110 Å². The summed E-state index contributed by atoms with van der Waals surface area (Å²) in [6, 6.07) is 16.5. The number of benzene rings is 2. The number of aromatic amines is 1. The Morgan fingerprint density at radius 2 is 1.81 bits per heavy atom. The zero-order valence-electron chi connectivity index (χ0n) is 18.1. The predicted molar refractivity (Wildman–Crippen MR) is 126 cm³/mol. The highest BCUT2D eigenvalue weighted by Gasteiger charge is 2.22. The molecular weight excluding hydrogens is 408 g/mol. The highest BCUT2D eigenvalue weighted by Crippen LogP contribution is 2.21. The van der Waals surface area contributed by atoms with E-state index in [-0.39, 0.29) is 24.6 Å². The van der Waals surface area contributed by atoms with Gasteiger partial charge in [-0.1, -0.05) is 55.5 Å². The van der Waals surface area contributed by atoms with E-state index in [1.807, 2.05) is 55.5 Å². The Hall–Kier alpha value is -4.07. The van der Waals surface area contributed by atoms with E-state index in [0.29, 0.717) is 12.2 Å². The molecule has 0 aliphatic heterocycles. The molecule has 2 aromatic carbocycles. The van der Waals surface area contributed by atoms with Crippen LogP contribution in [0.4, 0.5) is 11.5 Å². The fourth-order valence-electron chi connectivity index (χ4n) is 3.37. The van der Waals surface area contributed by atoms with Crippen LogP contribution in [0.25, 0.3) is 6.08 Å². The Labute approximate surface area is 185 Å². The summed E-state index contributed by atoms with van der Waals surface area (Å²) >= 11 is 0. The average Bonchev–Trinajstić information content (AvgIpc) is 2.80. The molecule has 1 aromatic heterocycles. The van der Waals surface area contributed by atoms with Gasteiger partial charge >= 0.3 is 5.69 Å². The molecule has 0 unspecified atom stereocenters. The smallest absolute Gasteiger partial charge is 0.330 e. The lowest BCUT2D eigenvalue weighted by atomic mass is 10.2.